The Hall–Kier alpha value is -0.570. The van der Waals surface area contributed by atoms with E-state index in [0.29, 0.717) is 0 Å². The summed E-state index contributed by atoms with van der Waals surface area (Å²) in [7, 11) is 0. The first-order chi connectivity index (χ1) is 7.54. The van der Waals surface area contributed by atoms with Crippen LogP contribution in [0.5, 0.6) is 0 Å². The summed E-state index contributed by atoms with van der Waals surface area (Å²) in [6, 6.07) is -0.339. The van der Waals surface area contributed by atoms with Crippen molar-refractivity contribution >= 4 is 5.91 Å². The number of carbonyl (C=O) groups excluding carboxylic acids is 1. The quantitative estimate of drug-likeness (QED) is 0.693. The van der Waals surface area contributed by atoms with Crippen LogP contribution in [0.2, 0.25) is 0 Å². The van der Waals surface area contributed by atoms with Crippen LogP contribution in [0.4, 0.5) is 0 Å². The molecule has 3 heteroatoms. The maximum atomic E-state index is 12.1. The summed E-state index contributed by atoms with van der Waals surface area (Å²) in [6.45, 7) is 10.0. The van der Waals surface area contributed by atoms with Crippen LogP contribution in [-0.2, 0) is 4.79 Å². The van der Waals surface area contributed by atoms with Gasteiger partial charge in [0.1, 0.15) is 0 Å². The molecule has 0 aromatic carbocycles. The molecule has 0 aliphatic rings. The Bertz CT molecular complexity index is 184. The lowest BCUT2D eigenvalue weighted by Crippen LogP contribution is -2.47. The molecule has 0 rings (SSSR count). The highest BCUT2D eigenvalue weighted by atomic mass is 16.2. The molecule has 0 aromatic rings. The van der Waals surface area contributed by atoms with E-state index in [-0.39, 0.29) is 17.9 Å². The van der Waals surface area contributed by atoms with E-state index in [9.17, 15) is 4.79 Å². The molecule has 16 heavy (non-hydrogen) atoms. The molecule has 0 unspecified atom stereocenters. The van der Waals surface area contributed by atoms with E-state index < -0.39 is 0 Å². The Balaban J connectivity index is 4.29. The van der Waals surface area contributed by atoms with E-state index >= 15 is 0 Å². The zero-order valence-electron chi connectivity index (χ0n) is 11.3. The Morgan fingerprint density at radius 3 is 1.88 bits per heavy atom. The molecule has 0 bridgehead atoms. The number of rotatable bonds is 8. The average molecular weight is 228 g/mol. The first-order valence-corrected chi connectivity index (χ1v) is 6.58. The molecular weight excluding hydrogens is 200 g/mol. The standard InChI is InChI=1S/C13H28N2O/c1-5-7-9-15(10-8-6-2)13(16)12(14)11(3)4/h11-12H,5-10,14H2,1-4H3/t12-/m0/s1. The van der Waals surface area contributed by atoms with Crippen LogP contribution in [0.25, 0.3) is 0 Å². The molecule has 0 heterocycles. The molecular formula is C13H28N2O. The van der Waals surface area contributed by atoms with Crippen molar-refractivity contribution in [2.75, 3.05) is 13.1 Å². The number of amides is 1. The van der Waals surface area contributed by atoms with Gasteiger partial charge in [0.05, 0.1) is 6.04 Å². The Kier molecular flexibility index (Phi) is 8.26. The lowest BCUT2D eigenvalue weighted by atomic mass is 10.0. The van der Waals surface area contributed by atoms with Gasteiger partial charge >= 0.3 is 0 Å². The summed E-state index contributed by atoms with van der Waals surface area (Å²) >= 11 is 0. The van der Waals surface area contributed by atoms with Crippen molar-refractivity contribution in [1.82, 2.24) is 4.90 Å². The lowest BCUT2D eigenvalue weighted by molar-refractivity contribution is -0.133. The van der Waals surface area contributed by atoms with E-state index in [2.05, 4.69) is 13.8 Å². The molecule has 0 aromatic heterocycles. The SMILES string of the molecule is CCCCN(CCCC)C(=O)[C@@H](N)C(C)C. The van der Waals surface area contributed by atoms with E-state index in [0.717, 1.165) is 38.8 Å². The normalized spacial score (nSPS) is 12.9. The topological polar surface area (TPSA) is 46.3 Å². The third kappa shape index (κ3) is 5.50. The van der Waals surface area contributed by atoms with Crippen molar-refractivity contribution < 1.29 is 4.79 Å². The fourth-order valence-corrected chi connectivity index (χ4v) is 1.53. The van der Waals surface area contributed by atoms with Gasteiger partial charge in [-0.2, -0.15) is 0 Å². The van der Waals surface area contributed by atoms with Gasteiger partial charge in [-0.1, -0.05) is 40.5 Å². The van der Waals surface area contributed by atoms with Crippen LogP contribution in [0.1, 0.15) is 53.4 Å². The molecule has 2 N–H and O–H groups in total. The minimum Gasteiger partial charge on any atom is -0.341 e. The van der Waals surface area contributed by atoms with Crippen LogP contribution < -0.4 is 5.73 Å². The molecule has 96 valence electrons. The molecule has 0 spiro atoms. The van der Waals surface area contributed by atoms with E-state index in [1.807, 2.05) is 18.7 Å². The third-order valence-electron chi connectivity index (χ3n) is 2.88. The van der Waals surface area contributed by atoms with Crippen molar-refractivity contribution in [1.29, 1.82) is 0 Å². The van der Waals surface area contributed by atoms with Gasteiger partial charge in [0.15, 0.2) is 0 Å². The van der Waals surface area contributed by atoms with Crippen molar-refractivity contribution in [2.45, 2.75) is 59.4 Å². The van der Waals surface area contributed by atoms with Crippen molar-refractivity contribution in [3.05, 3.63) is 0 Å². The summed E-state index contributed by atoms with van der Waals surface area (Å²) in [5, 5.41) is 0. The number of nitrogens with two attached hydrogens (primary N) is 1. The van der Waals surface area contributed by atoms with Crippen LogP contribution in [-0.4, -0.2) is 29.9 Å². The van der Waals surface area contributed by atoms with Crippen LogP contribution in [0.15, 0.2) is 0 Å². The van der Waals surface area contributed by atoms with E-state index in [1.54, 1.807) is 0 Å². The van der Waals surface area contributed by atoms with Crippen molar-refractivity contribution in [3.8, 4) is 0 Å². The highest BCUT2D eigenvalue weighted by molar-refractivity contribution is 5.81. The summed E-state index contributed by atoms with van der Waals surface area (Å²) in [5.41, 5.74) is 5.91. The Morgan fingerprint density at radius 2 is 1.56 bits per heavy atom. The number of unbranched alkanes of at least 4 members (excludes halogenated alkanes) is 2. The molecule has 0 fully saturated rings. The predicted molar refractivity (Wildman–Crippen MR) is 69.2 cm³/mol. The predicted octanol–water partition coefficient (Wildman–Crippen LogP) is 2.40. The molecule has 0 saturated heterocycles. The van der Waals surface area contributed by atoms with Gasteiger partial charge in [-0.3, -0.25) is 4.79 Å². The maximum Gasteiger partial charge on any atom is 0.239 e. The summed E-state index contributed by atoms with van der Waals surface area (Å²) in [6.07, 6.45) is 4.38. The van der Waals surface area contributed by atoms with Gasteiger partial charge in [-0.15, -0.1) is 0 Å². The number of hydrogen-bond donors (Lipinski definition) is 1. The second kappa shape index (κ2) is 8.57. The summed E-state index contributed by atoms with van der Waals surface area (Å²) in [5.74, 6) is 0.343. The summed E-state index contributed by atoms with van der Waals surface area (Å²) in [4.78, 5) is 14.0. The van der Waals surface area contributed by atoms with Gasteiger partial charge in [-0.05, 0) is 18.8 Å². The Morgan fingerprint density at radius 1 is 1.12 bits per heavy atom. The van der Waals surface area contributed by atoms with Gasteiger partial charge in [0.2, 0.25) is 5.91 Å². The fraction of sp³-hybridized carbons (Fsp3) is 0.923. The smallest absolute Gasteiger partial charge is 0.239 e. The molecule has 3 nitrogen and oxygen atoms in total. The highest BCUT2D eigenvalue weighted by Gasteiger charge is 2.22. The Labute approximate surface area is 100 Å². The summed E-state index contributed by atoms with van der Waals surface area (Å²) < 4.78 is 0. The number of carbonyl (C=O) groups is 1. The maximum absolute atomic E-state index is 12.1. The molecule has 0 aliphatic carbocycles. The molecule has 1 atom stereocenters. The van der Waals surface area contributed by atoms with Crippen molar-refractivity contribution in [3.63, 3.8) is 0 Å². The second-order valence-electron chi connectivity index (χ2n) is 4.80. The van der Waals surface area contributed by atoms with Gasteiger partial charge in [0.25, 0.3) is 0 Å². The van der Waals surface area contributed by atoms with Crippen molar-refractivity contribution in [2.24, 2.45) is 11.7 Å². The highest BCUT2D eigenvalue weighted by Crippen LogP contribution is 2.06. The minimum atomic E-state index is -0.339. The van der Waals surface area contributed by atoms with Crippen LogP contribution >= 0.6 is 0 Å². The van der Waals surface area contributed by atoms with Crippen LogP contribution in [0.3, 0.4) is 0 Å². The van der Waals surface area contributed by atoms with E-state index in [1.165, 1.54) is 0 Å². The van der Waals surface area contributed by atoms with Crippen LogP contribution in [0, 0.1) is 5.92 Å². The number of nitrogens with zero attached hydrogens (tertiary/aromatic N) is 1. The second-order valence-corrected chi connectivity index (χ2v) is 4.80. The van der Waals surface area contributed by atoms with E-state index in [4.69, 9.17) is 5.73 Å². The molecule has 0 aliphatic heterocycles. The largest absolute Gasteiger partial charge is 0.341 e. The lowest BCUT2D eigenvalue weighted by Gasteiger charge is -2.27. The van der Waals surface area contributed by atoms with Gasteiger partial charge in [-0.25, -0.2) is 0 Å². The third-order valence-corrected chi connectivity index (χ3v) is 2.88. The van der Waals surface area contributed by atoms with Gasteiger partial charge in [0, 0.05) is 13.1 Å². The zero-order valence-corrected chi connectivity index (χ0v) is 11.3. The van der Waals surface area contributed by atoms with Gasteiger partial charge < -0.3 is 10.6 Å². The first kappa shape index (κ1) is 15.4. The minimum absolute atomic E-state index is 0.122. The number of hydrogen-bond acceptors (Lipinski definition) is 2. The average Bonchev–Trinajstić information content (AvgIpc) is 2.27. The monoisotopic (exact) mass is 228 g/mol. The molecule has 0 radical (unpaired) electrons. The zero-order chi connectivity index (χ0) is 12.6. The molecule has 0 saturated carbocycles. The first-order valence-electron chi connectivity index (χ1n) is 6.58. The molecule has 1 amide bonds. The fourth-order valence-electron chi connectivity index (χ4n) is 1.53.